The summed E-state index contributed by atoms with van der Waals surface area (Å²) in [5.74, 6) is -1.44. The third-order valence-electron chi connectivity index (χ3n) is 9.71. The van der Waals surface area contributed by atoms with Crippen molar-refractivity contribution in [2.24, 2.45) is 16.1 Å². The van der Waals surface area contributed by atoms with Crippen LogP contribution in [0.15, 0.2) is 70.9 Å². The molecular formula is C47H63N5O9S. The Bertz CT molecular complexity index is 1910. The van der Waals surface area contributed by atoms with Crippen LogP contribution in [0.4, 0.5) is 22.1 Å². The minimum Gasteiger partial charge on any atom is -0.469 e. The Hall–Kier alpha value is -5.00. The van der Waals surface area contributed by atoms with Gasteiger partial charge in [-0.15, -0.1) is 11.3 Å². The van der Waals surface area contributed by atoms with E-state index in [1.54, 1.807) is 6.92 Å². The third kappa shape index (κ3) is 18.9. The number of unbranched alkanes of at least 4 members (excludes halogenated alkanes) is 3. The molecule has 2 unspecified atom stereocenters. The first-order chi connectivity index (χ1) is 30.3. The van der Waals surface area contributed by atoms with Crippen molar-refractivity contribution < 1.29 is 42.7 Å². The van der Waals surface area contributed by atoms with E-state index >= 15 is 0 Å². The highest BCUT2D eigenvalue weighted by Crippen LogP contribution is 2.42. The number of aryl methyl sites for hydroxylation is 1. The molecule has 336 valence electrons. The standard InChI is InChI=1S/C47H63N5O9S/c1-7-9-10-11-12-14-19-39(47(54)55-6)33-44(53)61-31-29-59-27-25-57-23-22-56-24-26-58-28-30-60-42(38-17-15-13-16-18-38)35-52(8-2)40-20-21-41(36(3)32-40)50-51-46-45(49-5)37(4)43(34-48)62-46/h12-18,20-21,32,39,42H,7-11,19,22-31,33,35H2,1-4,6H3/b14-12+,51-50?. The second kappa shape index (κ2) is 30.9. The lowest BCUT2D eigenvalue weighted by molar-refractivity contribution is -0.154. The molecule has 0 aliphatic rings. The van der Waals surface area contributed by atoms with Gasteiger partial charge in [0.15, 0.2) is 0 Å². The van der Waals surface area contributed by atoms with Crippen LogP contribution < -0.4 is 4.90 Å². The molecule has 0 saturated heterocycles. The maximum absolute atomic E-state index is 12.3. The van der Waals surface area contributed by atoms with E-state index in [1.165, 1.54) is 24.9 Å². The van der Waals surface area contributed by atoms with Crippen LogP contribution in [-0.2, 0) is 42.7 Å². The highest BCUT2D eigenvalue weighted by atomic mass is 32.1. The van der Waals surface area contributed by atoms with Crippen molar-refractivity contribution in [1.82, 2.24) is 0 Å². The lowest BCUT2D eigenvalue weighted by atomic mass is 10.0. The quantitative estimate of drug-likeness (QED) is 0.0194. The first-order valence-corrected chi connectivity index (χ1v) is 22.1. The number of azo groups is 1. The number of carbonyl (C=O) groups excluding carboxylic acids is 2. The number of rotatable bonds is 32. The van der Waals surface area contributed by atoms with Crippen molar-refractivity contribution in [2.75, 3.05) is 91.2 Å². The molecule has 2 aromatic carbocycles. The summed E-state index contributed by atoms with van der Waals surface area (Å²) in [7, 11) is 1.32. The molecule has 0 saturated carbocycles. The van der Waals surface area contributed by atoms with E-state index in [-0.39, 0.29) is 25.7 Å². The van der Waals surface area contributed by atoms with Gasteiger partial charge < -0.3 is 38.1 Å². The van der Waals surface area contributed by atoms with Crippen LogP contribution in [-0.4, -0.2) is 98.2 Å². The zero-order chi connectivity index (χ0) is 44.8. The topological polar surface area (TPSA) is 155 Å². The Kier molecular flexibility index (Phi) is 25.6. The number of anilines is 1. The summed E-state index contributed by atoms with van der Waals surface area (Å²) in [4.78, 5) is 30.6. The molecule has 62 heavy (non-hydrogen) atoms. The monoisotopic (exact) mass is 873 g/mol. The third-order valence-corrected chi connectivity index (χ3v) is 10.8. The summed E-state index contributed by atoms with van der Waals surface area (Å²) in [6.07, 6.45) is 8.59. The Labute approximate surface area is 371 Å². The second-order valence-corrected chi connectivity index (χ2v) is 15.2. The van der Waals surface area contributed by atoms with Crippen LogP contribution in [0.2, 0.25) is 0 Å². The number of allylic oxidation sites excluding steroid dienone is 2. The molecule has 0 N–H and O–H groups in total. The van der Waals surface area contributed by atoms with Gasteiger partial charge in [-0.05, 0) is 74.9 Å². The number of nitrogens with zero attached hydrogens (tertiary/aromatic N) is 5. The molecule has 0 bridgehead atoms. The fourth-order valence-corrected chi connectivity index (χ4v) is 7.05. The molecule has 0 fully saturated rings. The van der Waals surface area contributed by atoms with Gasteiger partial charge in [0, 0.05) is 18.8 Å². The van der Waals surface area contributed by atoms with Gasteiger partial charge in [0.1, 0.15) is 23.8 Å². The number of methoxy groups -OCH3 is 1. The normalized spacial score (nSPS) is 12.3. The minimum atomic E-state index is -0.562. The van der Waals surface area contributed by atoms with Crippen LogP contribution in [0.3, 0.4) is 0 Å². The summed E-state index contributed by atoms with van der Waals surface area (Å²) in [6, 6.07) is 18.3. The Morgan fingerprint density at radius 3 is 2.15 bits per heavy atom. The van der Waals surface area contributed by atoms with E-state index in [1.807, 2.05) is 43.3 Å². The molecular weight excluding hydrogens is 811 g/mol. The molecule has 0 aliphatic carbocycles. The average molecular weight is 874 g/mol. The van der Waals surface area contributed by atoms with E-state index in [4.69, 9.17) is 39.7 Å². The predicted octanol–water partition coefficient (Wildman–Crippen LogP) is 10.1. The second-order valence-electron chi connectivity index (χ2n) is 14.2. The van der Waals surface area contributed by atoms with Crippen molar-refractivity contribution in [3.05, 3.63) is 93.7 Å². The fraction of sp³-hybridized carbons (Fsp3) is 0.532. The highest BCUT2D eigenvalue weighted by Gasteiger charge is 2.23. The summed E-state index contributed by atoms with van der Waals surface area (Å²) >= 11 is 1.18. The Morgan fingerprint density at radius 1 is 0.887 bits per heavy atom. The molecule has 0 amide bonds. The van der Waals surface area contributed by atoms with Gasteiger partial charge in [0.05, 0.1) is 96.0 Å². The van der Waals surface area contributed by atoms with Gasteiger partial charge in [0.25, 0.3) is 0 Å². The molecule has 0 radical (unpaired) electrons. The summed E-state index contributed by atoms with van der Waals surface area (Å²) in [5.41, 5.74) is 4.72. The number of hydrogen-bond donors (Lipinski definition) is 0. The Morgan fingerprint density at radius 2 is 1.55 bits per heavy atom. The molecule has 2 atom stereocenters. The maximum Gasteiger partial charge on any atom is 0.309 e. The highest BCUT2D eigenvalue weighted by molar-refractivity contribution is 7.17. The van der Waals surface area contributed by atoms with Gasteiger partial charge >= 0.3 is 11.9 Å². The smallest absolute Gasteiger partial charge is 0.309 e. The average Bonchev–Trinajstić information content (AvgIpc) is 3.60. The molecule has 1 aromatic heterocycles. The summed E-state index contributed by atoms with van der Waals surface area (Å²) in [5, 5.41) is 18.6. The first kappa shape index (κ1) is 51.4. The van der Waals surface area contributed by atoms with Gasteiger partial charge in [-0.2, -0.15) is 15.5 Å². The molecule has 1 heterocycles. The molecule has 0 spiro atoms. The number of carbonyl (C=O) groups is 2. The van der Waals surface area contributed by atoms with E-state index < -0.39 is 17.9 Å². The van der Waals surface area contributed by atoms with Gasteiger partial charge in [-0.25, -0.2) is 4.85 Å². The van der Waals surface area contributed by atoms with Crippen LogP contribution >= 0.6 is 11.3 Å². The summed E-state index contributed by atoms with van der Waals surface area (Å²) < 4.78 is 38.9. The number of nitriles is 1. The molecule has 3 aromatic rings. The lowest BCUT2D eigenvalue weighted by Crippen LogP contribution is -2.30. The van der Waals surface area contributed by atoms with Crippen molar-refractivity contribution in [1.29, 1.82) is 5.26 Å². The minimum absolute atomic E-state index is 0.0345. The van der Waals surface area contributed by atoms with Crippen molar-refractivity contribution >= 4 is 45.3 Å². The largest absolute Gasteiger partial charge is 0.469 e. The van der Waals surface area contributed by atoms with Crippen LogP contribution in [0.1, 0.15) is 80.0 Å². The number of likely N-dealkylation sites (N-methyl/N-ethyl adjacent to an activating group) is 1. The van der Waals surface area contributed by atoms with Crippen LogP contribution in [0.25, 0.3) is 4.85 Å². The number of hydrogen-bond acceptors (Lipinski definition) is 14. The van der Waals surface area contributed by atoms with E-state index in [9.17, 15) is 14.9 Å². The molecule has 15 heteroatoms. The van der Waals surface area contributed by atoms with Crippen molar-refractivity contribution in [2.45, 2.75) is 72.3 Å². The van der Waals surface area contributed by atoms with Gasteiger partial charge in [-0.1, -0.05) is 62.2 Å². The maximum atomic E-state index is 12.3. The molecule has 3 rings (SSSR count). The molecule has 0 aliphatic heterocycles. The number of thiophene rings is 1. The van der Waals surface area contributed by atoms with Gasteiger partial charge in [-0.3, -0.25) is 9.59 Å². The van der Waals surface area contributed by atoms with E-state index in [0.29, 0.717) is 92.6 Å². The van der Waals surface area contributed by atoms with E-state index in [0.717, 1.165) is 42.6 Å². The predicted molar refractivity (Wildman–Crippen MR) is 241 cm³/mol. The van der Waals surface area contributed by atoms with Crippen LogP contribution in [0, 0.1) is 37.7 Å². The summed E-state index contributed by atoms with van der Waals surface area (Å²) in [6.45, 7) is 20.4. The number of benzene rings is 2. The fourth-order valence-electron chi connectivity index (χ4n) is 6.19. The lowest BCUT2D eigenvalue weighted by Gasteiger charge is -2.29. The zero-order valence-electron chi connectivity index (χ0n) is 37.0. The van der Waals surface area contributed by atoms with Crippen LogP contribution in [0.5, 0.6) is 0 Å². The van der Waals surface area contributed by atoms with Crippen molar-refractivity contribution in [3.63, 3.8) is 0 Å². The molecule has 14 nitrogen and oxygen atoms in total. The first-order valence-electron chi connectivity index (χ1n) is 21.3. The Balaban J connectivity index is 1.29. The van der Waals surface area contributed by atoms with Gasteiger partial charge in [0.2, 0.25) is 5.69 Å². The van der Waals surface area contributed by atoms with E-state index in [2.05, 4.69) is 64.2 Å². The zero-order valence-corrected chi connectivity index (χ0v) is 37.8. The number of ether oxygens (including phenoxy) is 7. The SMILES string of the molecule is [C-]#[N+]c1c(N=Nc2ccc(N(CC)CC(OCCOCCOCCOCCOCCOC(=O)CC(C/C=C/CCCCC)C(=O)OC)c3ccccc3)cc2C)sc(C#N)c1C. The number of esters is 2. The van der Waals surface area contributed by atoms with Crippen molar-refractivity contribution in [3.8, 4) is 6.07 Å².